The Labute approximate surface area is 183 Å². The fourth-order valence-corrected chi connectivity index (χ4v) is 6.22. The highest BCUT2D eigenvalue weighted by Crippen LogP contribution is 2.57. The first-order chi connectivity index (χ1) is 14.9. The van der Waals surface area contributed by atoms with Crippen molar-refractivity contribution in [1.82, 2.24) is 15.6 Å². The number of hydrogen-bond acceptors (Lipinski definition) is 6. The summed E-state index contributed by atoms with van der Waals surface area (Å²) in [5.41, 5.74) is 0.671. The van der Waals surface area contributed by atoms with Gasteiger partial charge in [-0.25, -0.2) is 9.78 Å². The number of pyridine rings is 1. The van der Waals surface area contributed by atoms with Crippen LogP contribution in [0.3, 0.4) is 0 Å². The standard InChI is InChI=1S/C23H33N3O5/c1-16-4-3-5-19(24-16)20(27)25-22-11-17-10-18(12-22)14-23(13-17,15-22)26-21(28)31-9-8-30-7-6-29-2/h3-5,17-18H,6-15H2,1-2H3,(H,25,27)(H,26,28). The predicted octanol–water partition coefficient (Wildman–Crippen LogP) is 2.60. The quantitative estimate of drug-likeness (QED) is 0.583. The van der Waals surface area contributed by atoms with Crippen molar-refractivity contribution in [3.8, 4) is 0 Å². The van der Waals surface area contributed by atoms with Gasteiger partial charge in [-0.1, -0.05) is 6.07 Å². The Kier molecular flexibility index (Phi) is 6.48. The van der Waals surface area contributed by atoms with E-state index >= 15 is 0 Å². The van der Waals surface area contributed by atoms with Gasteiger partial charge in [-0.05, 0) is 69.4 Å². The largest absolute Gasteiger partial charge is 0.447 e. The Hall–Kier alpha value is -2.19. The molecule has 0 spiro atoms. The van der Waals surface area contributed by atoms with Crippen LogP contribution in [0.2, 0.25) is 0 Å². The number of nitrogens with zero attached hydrogens (tertiary/aromatic N) is 1. The maximum atomic E-state index is 12.9. The van der Waals surface area contributed by atoms with E-state index in [-0.39, 0.29) is 23.6 Å². The molecular formula is C23H33N3O5. The predicted molar refractivity (Wildman–Crippen MR) is 114 cm³/mol. The molecule has 4 aliphatic carbocycles. The Balaban J connectivity index is 1.36. The number of rotatable bonds is 9. The summed E-state index contributed by atoms with van der Waals surface area (Å²) in [4.78, 5) is 29.8. The molecule has 0 radical (unpaired) electrons. The van der Waals surface area contributed by atoms with Crippen LogP contribution in [-0.2, 0) is 14.2 Å². The van der Waals surface area contributed by atoms with E-state index < -0.39 is 6.09 Å². The third kappa shape index (κ3) is 5.18. The van der Waals surface area contributed by atoms with Gasteiger partial charge < -0.3 is 24.8 Å². The van der Waals surface area contributed by atoms with E-state index in [0.29, 0.717) is 37.4 Å². The molecule has 1 heterocycles. The van der Waals surface area contributed by atoms with E-state index in [4.69, 9.17) is 14.2 Å². The molecule has 4 saturated carbocycles. The summed E-state index contributed by atoms with van der Waals surface area (Å²) in [5.74, 6) is 0.881. The summed E-state index contributed by atoms with van der Waals surface area (Å²) < 4.78 is 15.6. The monoisotopic (exact) mass is 431 g/mol. The molecule has 0 saturated heterocycles. The minimum absolute atomic E-state index is 0.128. The average molecular weight is 432 g/mol. The maximum absolute atomic E-state index is 12.9. The minimum atomic E-state index is -0.404. The molecule has 1 aromatic heterocycles. The van der Waals surface area contributed by atoms with Crippen molar-refractivity contribution in [2.24, 2.45) is 11.8 Å². The lowest BCUT2D eigenvalue weighted by molar-refractivity contribution is -0.0478. The number of aryl methyl sites for hydroxylation is 1. The molecule has 4 bridgehead atoms. The molecule has 4 fully saturated rings. The van der Waals surface area contributed by atoms with Crippen LogP contribution in [0, 0.1) is 18.8 Å². The Morgan fingerprint density at radius 3 is 2.39 bits per heavy atom. The average Bonchev–Trinajstić information content (AvgIpc) is 2.69. The van der Waals surface area contributed by atoms with Crippen LogP contribution in [0.4, 0.5) is 4.79 Å². The highest BCUT2D eigenvalue weighted by Gasteiger charge is 2.59. The van der Waals surface area contributed by atoms with E-state index in [1.54, 1.807) is 13.2 Å². The van der Waals surface area contributed by atoms with E-state index in [0.717, 1.165) is 37.8 Å². The van der Waals surface area contributed by atoms with Gasteiger partial charge in [-0.15, -0.1) is 0 Å². The Bertz CT molecular complexity index is 800. The summed E-state index contributed by atoms with van der Waals surface area (Å²) in [6, 6.07) is 5.49. The molecule has 170 valence electrons. The van der Waals surface area contributed by atoms with Crippen molar-refractivity contribution < 1.29 is 23.8 Å². The zero-order valence-electron chi connectivity index (χ0n) is 18.4. The number of methoxy groups -OCH3 is 1. The lowest BCUT2D eigenvalue weighted by atomic mass is 9.50. The smallest absolute Gasteiger partial charge is 0.407 e. The Morgan fingerprint density at radius 1 is 1.03 bits per heavy atom. The van der Waals surface area contributed by atoms with E-state index in [2.05, 4.69) is 15.6 Å². The molecule has 2 amide bonds. The van der Waals surface area contributed by atoms with Crippen LogP contribution in [0.25, 0.3) is 0 Å². The molecule has 2 unspecified atom stereocenters. The molecule has 5 rings (SSSR count). The van der Waals surface area contributed by atoms with Crippen LogP contribution in [0.5, 0.6) is 0 Å². The van der Waals surface area contributed by atoms with Crippen molar-refractivity contribution in [3.63, 3.8) is 0 Å². The number of carbonyl (C=O) groups is 2. The number of amides is 2. The highest BCUT2D eigenvalue weighted by atomic mass is 16.6. The fraction of sp³-hybridized carbons (Fsp3) is 0.696. The molecule has 2 atom stereocenters. The molecule has 1 aromatic rings. The van der Waals surface area contributed by atoms with Gasteiger partial charge in [0.15, 0.2) is 0 Å². The number of hydrogen-bond donors (Lipinski definition) is 2. The second kappa shape index (κ2) is 9.12. The third-order valence-electron chi connectivity index (χ3n) is 6.82. The van der Waals surface area contributed by atoms with Crippen LogP contribution < -0.4 is 10.6 Å². The summed E-state index contributed by atoms with van der Waals surface area (Å²) in [7, 11) is 1.62. The van der Waals surface area contributed by atoms with E-state index in [9.17, 15) is 9.59 Å². The van der Waals surface area contributed by atoms with Crippen LogP contribution in [0.1, 0.15) is 54.7 Å². The van der Waals surface area contributed by atoms with Gasteiger partial charge in [-0.3, -0.25) is 4.79 Å². The van der Waals surface area contributed by atoms with Crippen molar-refractivity contribution in [3.05, 3.63) is 29.6 Å². The number of carbonyl (C=O) groups excluding carboxylic acids is 2. The van der Waals surface area contributed by atoms with Crippen molar-refractivity contribution in [2.75, 3.05) is 33.5 Å². The molecule has 4 aliphatic rings. The van der Waals surface area contributed by atoms with Crippen LogP contribution in [0.15, 0.2) is 18.2 Å². The molecule has 2 N–H and O–H groups in total. The second-order valence-electron chi connectivity index (χ2n) is 9.51. The van der Waals surface area contributed by atoms with E-state index in [1.165, 1.54) is 6.42 Å². The first-order valence-electron chi connectivity index (χ1n) is 11.2. The summed E-state index contributed by atoms with van der Waals surface area (Å²) in [6.07, 6.45) is 5.33. The molecule has 0 aliphatic heterocycles. The Morgan fingerprint density at radius 2 is 1.71 bits per heavy atom. The lowest BCUT2D eigenvalue weighted by Gasteiger charge is -2.62. The van der Waals surface area contributed by atoms with Gasteiger partial charge in [0, 0.05) is 23.9 Å². The molecule has 31 heavy (non-hydrogen) atoms. The van der Waals surface area contributed by atoms with Gasteiger partial charge in [0.2, 0.25) is 0 Å². The number of ether oxygens (including phenoxy) is 3. The SMILES string of the molecule is COCCOCCOC(=O)NC12CC3CC(C1)CC(NC(=O)c1cccc(C)n1)(C3)C2. The summed E-state index contributed by atoms with van der Waals surface area (Å²) in [6.45, 7) is 3.43. The normalized spacial score (nSPS) is 30.8. The van der Waals surface area contributed by atoms with Gasteiger partial charge in [-0.2, -0.15) is 0 Å². The van der Waals surface area contributed by atoms with Crippen LogP contribution in [-0.4, -0.2) is 61.6 Å². The van der Waals surface area contributed by atoms with Crippen molar-refractivity contribution in [2.45, 2.75) is 56.5 Å². The number of aromatic nitrogens is 1. The maximum Gasteiger partial charge on any atom is 0.407 e. The first-order valence-corrected chi connectivity index (χ1v) is 11.2. The van der Waals surface area contributed by atoms with Gasteiger partial charge in [0.25, 0.3) is 5.91 Å². The molecule has 8 nitrogen and oxygen atoms in total. The van der Waals surface area contributed by atoms with Crippen molar-refractivity contribution in [1.29, 1.82) is 0 Å². The van der Waals surface area contributed by atoms with Gasteiger partial charge in [0.1, 0.15) is 12.3 Å². The zero-order chi connectivity index (χ0) is 21.9. The number of nitrogens with one attached hydrogen (secondary N) is 2. The van der Waals surface area contributed by atoms with Crippen molar-refractivity contribution >= 4 is 12.0 Å². The first kappa shape index (κ1) is 22.0. The topological polar surface area (TPSA) is 98.8 Å². The van der Waals surface area contributed by atoms with E-state index in [1.807, 2.05) is 19.1 Å². The second-order valence-corrected chi connectivity index (χ2v) is 9.51. The minimum Gasteiger partial charge on any atom is -0.447 e. The van der Waals surface area contributed by atoms with Gasteiger partial charge in [0.05, 0.1) is 19.8 Å². The molecule has 0 aromatic carbocycles. The lowest BCUT2D eigenvalue weighted by Crippen LogP contribution is -2.70. The summed E-state index contributed by atoms with van der Waals surface area (Å²) >= 11 is 0. The molecule has 8 heteroatoms. The summed E-state index contributed by atoms with van der Waals surface area (Å²) in [5, 5.41) is 6.48. The fourth-order valence-electron chi connectivity index (χ4n) is 6.22. The third-order valence-corrected chi connectivity index (χ3v) is 6.82. The van der Waals surface area contributed by atoms with Crippen LogP contribution >= 0.6 is 0 Å². The highest BCUT2D eigenvalue weighted by molar-refractivity contribution is 5.92. The van der Waals surface area contributed by atoms with Gasteiger partial charge >= 0.3 is 6.09 Å². The number of alkyl carbamates (subject to hydrolysis) is 1. The zero-order valence-corrected chi connectivity index (χ0v) is 18.4. The molecular weight excluding hydrogens is 398 g/mol.